The highest BCUT2D eigenvalue weighted by molar-refractivity contribution is 5.34. The molecule has 2 atom stereocenters. The maximum absolute atomic E-state index is 10.4. The molecule has 1 aliphatic rings. The fourth-order valence-corrected chi connectivity index (χ4v) is 2.76. The minimum Gasteiger partial charge on any atom is -0.390 e. The van der Waals surface area contributed by atoms with Crippen molar-refractivity contribution in [2.45, 2.75) is 39.4 Å². The Balaban J connectivity index is 2.02. The molecule has 0 aromatic heterocycles. The van der Waals surface area contributed by atoms with Crippen LogP contribution in [0.5, 0.6) is 0 Å². The number of benzene rings is 1. The Kier molecular flexibility index (Phi) is 4.97. The number of nitrogens with zero attached hydrogens (tertiary/aromatic N) is 1. The maximum Gasteiger partial charge on any atom is 0.0964 e. The van der Waals surface area contributed by atoms with Gasteiger partial charge in [-0.1, -0.05) is 25.1 Å². The number of aryl methyl sites for hydroxylation is 2. The van der Waals surface area contributed by atoms with E-state index >= 15 is 0 Å². The lowest BCUT2D eigenvalue weighted by Crippen LogP contribution is -2.48. The molecule has 106 valence electrons. The molecule has 0 spiro atoms. The van der Waals surface area contributed by atoms with Crippen molar-refractivity contribution in [3.63, 3.8) is 0 Å². The molecule has 1 N–H and O–H groups in total. The highest BCUT2D eigenvalue weighted by atomic mass is 16.5. The van der Waals surface area contributed by atoms with Gasteiger partial charge in [-0.15, -0.1) is 0 Å². The van der Waals surface area contributed by atoms with Crippen molar-refractivity contribution in [3.8, 4) is 0 Å². The van der Waals surface area contributed by atoms with Gasteiger partial charge in [0.1, 0.15) is 0 Å². The monoisotopic (exact) mass is 263 g/mol. The third-order valence-electron chi connectivity index (χ3n) is 4.11. The molecule has 0 bridgehead atoms. The van der Waals surface area contributed by atoms with Gasteiger partial charge in [0.05, 0.1) is 18.8 Å². The van der Waals surface area contributed by atoms with Crippen molar-refractivity contribution in [1.29, 1.82) is 0 Å². The first kappa shape index (κ1) is 14.5. The molecule has 0 aliphatic carbocycles. The third kappa shape index (κ3) is 3.56. The summed E-state index contributed by atoms with van der Waals surface area (Å²) in [5.74, 6) is 0. The van der Waals surface area contributed by atoms with Gasteiger partial charge in [0.15, 0.2) is 0 Å². The van der Waals surface area contributed by atoms with Gasteiger partial charge in [-0.05, 0) is 37.1 Å². The summed E-state index contributed by atoms with van der Waals surface area (Å²) in [5.41, 5.74) is 3.76. The zero-order valence-corrected chi connectivity index (χ0v) is 12.2. The van der Waals surface area contributed by atoms with Crippen LogP contribution in [-0.2, 0) is 11.2 Å². The minimum absolute atomic E-state index is 0.0623. The van der Waals surface area contributed by atoms with Gasteiger partial charge in [-0.25, -0.2) is 0 Å². The van der Waals surface area contributed by atoms with E-state index in [0.29, 0.717) is 6.42 Å². The molecule has 0 radical (unpaired) electrons. The lowest BCUT2D eigenvalue weighted by Gasteiger charge is -2.34. The zero-order chi connectivity index (χ0) is 13.8. The maximum atomic E-state index is 10.4. The Morgan fingerprint density at radius 2 is 2.05 bits per heavy atom. The average Bonchev–Trinajstić information content (AvgIpc) is 2.43. The highest BCUT2D eigenvalue weighted by Crippen LogP contribution is 2.19. The van der Waals surface area contributed by atoms with Crippen LogP contribution in [0.3, 0.4) is 0 Å². The van der Waals surface area contributed by atoms with E-state index in [9.17, 15) is 5.11 Å². The number of likely N-dealkylation sites (N-methyl/N-ethyl adjacent to an activating group) is 1. The van der Waals surface area contributed by atoms with Crippen LogP contribution in [0.4, 0.5) is 0 Å². The van der Waals surface area contributed by atoms with Crippen molar-refractivity contribution < 1.29 is 9.84 Å². The number of aliphatic hydroxyl groups is 1. The second-order valence-corrected chi connectivity index (χ2v) is 5.44. The summed E-state index contributed by atoms with van der Waals surface area (Å²) in [6.45, 7) is 9.93. The molecule has 3 heteroatoms. The fraction of sp³-hybridized carbons (Fsp3) is 0.625. The van der Waals surface area contributed by atoms with E-state index in [1.807, 2.05) is 0 Å². The first-order valence-corrected chi connectivity index (χ1v) is 7.19. The van der Waals surface area contributed by atoms with Gasteiger partial charge in [0.25, 0.3) is 0 Å². The Morgan fingerprint density at radius 1 is 1.37 bits per heavy atom. The van der Waals surface area contributed by atoms with Crippen molar-refractivity contribution in [3.05, 3.63) is 34.9 Å². The fourth-order valence-electron chi connectivity index (χ4n) is 2.76. The topological polar surface area (TPSA) is 32.7 Å². The molecule has 2 rings (SSSR count). The first-order valence-electron chi connectivity index (χ1n) is 7.19. The van der Waals surface area contributed by atoms with Gasteiger partial charge in [0, 0.05) is 19.5 Å². The molecule has 1 aromatic rings. The lowest BCUT2D eigenvalue weighted by molar-refractivity contribution is -0.0868. The summed E-state index contributed by atoms with van der Waals surface area (Å²) in [5, 5.41) is 10.4. The number of hydrogen-bond acceptors (Lipinski definition) is 3. The molecule has 1 heterocycles. The van der Waals surface area contributed by atoms with Crippen LogP contribution in [0, 0.1) is 13.8 Å². The van der Waals surface area contributed by atoms with Crippen molar-refractivity contribution in [1.82, 2.24) is 4.90 Å². The summed E-state index contributed by atoms with van der Waals surface area (Å²) in [4.78, 5) is 2.34. The number of rotatable bonds is 4. The summed E-state index contributed by atoms with van der Waals surface area (Å²) >= 11 is 0. The molecule has 0 amide bonds. The van der Waals surface area contributed by atoms with Gasteiger partial charge in [0.2, 0.25) is 0 Å². The molecular formula is C16H25NO2. The normalized spacial score (nSPS) is 22.4. The molecule has 1 aliphatic heterocycles. The second kappa shape index (κ2) is 6.51. The number of hydrogen-bond donors (Lipinski definition) is 1. The van der Waals surface area contributed by atoms with Crippen molar-refractivity contribution >= 4 is 0 Å². The van der Waals surface area contributed by atoms with Crippen molar-refractivity contribution in [2.24, 2.45) is 0 Å². The van der Waals surface area contributed by atoms with E-state index in [1.165, 1.54) is 16.7 Å². The smallest absolute Gasteiger partial charge is 0.0964 e. The van der Waals surface area contributed by atoms with Gasteiger partial charge >= 0.3 is 0 Å². The molecule has 2 unspecified atom stereocenters. The molecule has 1 aromatic carbocycles. The summed E-state index contributed by atoms with van der Waals surface area (Å²) in [6.07, 6.45) is 0.197. The van der Waals surface area contributed by atoms with Gasteiger partial charge < -0.3 is 9.84 Å². The van der Waals surface area contributed by atoms with Crippen LogP contribution < -0.4 is 0 Å². The van der Waals surface area contributed by atoms with Crippen molar-refractivity contribution in [2.75, 3.05) is 26.2 Å². The Labute approximate surface area is 116 Å². The summed E-state index contributed by atoms with van der Waals surface area (Å²) < 4.78 is 5.73. The standard InChI is InChI=1S/C16H25NO2/c1-4-17-8-9-19-16(11-17)15(18)10-14-12(2)6-5-7-13(14)3/h5-7,15-16,18H,4,8-11H2,1-3H3. The van der Waals surface area contributed by atoms with E-state index in [0.717, 1.165) is 26.2 Å². The van der Waals surface area contributed by atoms with Crippen LogP contribution in [-0.4, -0.2) is 48.5 Å². The number of aliphatic hydroxyl groups excluding tert-OH is 1. The minimum atomic E-state index is -0.422. The average molecular weight is 263 g/mol. The van der Waals surface area contributed by atoms with Gasteiger partial charge in [-0.3, -0.25) is 4.90 Å². The van der Waals surface area contributed by atoms with Crippen LogP contribution in [0.1, 0.15) is 23.6 Å². The Bertz CT molecular complexity index is 399. The van der Waals surface area contributed by atoms with Crippen LogP contribution in [0.25, 0.3) is 0 Å². The van der Waals surface area contributed by atoms with Crippen LogP contribution in [0.2, 0.25) is 0 Å². The molecule has 3 nitrogen and oxygen atoms in total. The number of ether oxygens (including phenoxy) is 1. The lowest BCUT2D eigenvalue weighted by atomic mass is 9.95. The highest BCUT2D eigenvalue weighted by Gasteiger charge is 2.26. The predicted octanol–water partition coefficient (Wildman–Crippen LogP) is 1.93. The molecular weight excluding hydrogens is 238 g/mol. The molecule has 0 saturated carbocycles. The van der Waals surface area contributed by atoms with Crippen LogP contribution in [0.15, 0.2) is 18.2 Å². The van der Waals surface area contributed by atoms with E-state index < -0.39 is 6.10 Å². The predicted molar refractivity (Wildman–Crippen MR) is 77.5 cm³/mol. The van der Waals surface area contributed by atoms with E-state index in [1.54, 1.807) is 0 Å². The molecule has 19 heavy (non-hydrogen) atoms. The third-order valence-corrected chi connectivity index (χ3v) is 4.11. The largest absolute Gasteiger partial charge is 0.390 e. The Hall–Kier alpha value is -0.900. The Morgan fingerprint density at radius 3 is 2.68 bits per heavy atom. The van der Waals surface area contributed by atoms with Crippen LogP contribution >= 0.6 is 0 Å². The summed E-state index contributed by atoms with van der Waals surface area (Å²) in [6, 6.07) is 6.28. The number of morpholine rings is 1. The molecule has 1 fully saturated rings. The van der Waals surface area contributed by atoms with E-state index in [-0.39, 0.29) is 6.10 Å². The first-order chi connectivity index (χ1) is 9.11. The van der Waals surface area contributed by atoms with E-state index in [4.69, 9.17) is 4.74 Å². The second-order valence-electron chi connectivity index (χ2n) is 5.44. The zero-order valence-electron chi connectivity index (χ0n) is 12.2. The molecule has 1 saturated heterocycles. The van der Waals surface area contributed by atoms with E-state index in [2.05, 4.69) is 43.9 Å². The SMILES string of the molecule is CCN1CCOC(C(O)Cc2c(C)cccc2C)C1. The quantitative estimate of drug-likeness (QED) is 0.901. The summed E-state index contributed by atoms with van der Waals surface area (Å²) in [7, 11) is 0. The van der Waals surface area contributed by atoms with Gasteiger partial charge in [-0.2, -0.15) is 0 Å².